The summed E-state index contributed by atoms with van der Waals surface area (Å²) in [5.74, 6) is -0.719. The second kappa shape index (κ2) is 5.49. The number of rotatable bonds is 5. The third-order valence-corrected chi connectivity index (χ3v) is 2.29. The molecule has 0 unspecified atom stereocenters. The van der Waals surface area contributed by atoms with Gasteiger partial charge in [-0.2, -0.15) is 0 Å². The zero-order valence-electron chi connectivity index (χ0n) is 10.1. The number of amides is 1. The molecule has 0 spiro atoms. The lowest BCUT2D eigenvalue weighted by Crippen LogP contribution is -2.34. The Hall–Kier alpha value is -1.82. The first-order chi connectivity index (χ1) is 7.91. The molecule has 94 valence electrons. The molecule has 1 aromatic heterocycles. The number of carboxylic acids is 1. The summed E-state index contributed by atoms with van der Waals surface area (Å²) in [6.45, 7) is 0.501. The second-order valence-electron chi connectivity index (χ2n) is 4.02. The van der Waals surface area contributed by atoms with Crippen LogP contribution in [0, 0.1) is 0 Å². The van der Waals surface area contributed by atoms with Gasteiger partial charge in [-0.1, -0.05) is 0 Å². The highest BCUT2D eigenvalue weighted by molar-refractivity contribution is 5.88. The van der Waals surface area contributed by atoms with Crippen LogP contribution in [-0.4, -0.2) is 54.5 Å². The molecule has 17 heavy (non-hydrogen) atoms. The minimum atomic E-state index is -1.03. The number of carbonyl (C=O) groups is 2. The van der Waals surface area contributed by atoms with Crippen molar-refractivity contribution in [1.29, 1.82) is 0 Å². The molecular formula is C11H16N2O4. The van der Waals surface area contributed by atoms with Crippen molar-refractivity contribution >= 4 is 11.9 Å². The molecule has 0 saturated carbocycles. The van der Waals surface area contributed by atoms with E-state index in [0.717, 1.165) is 0 Å². The molecule has 6 heteroatoms. The summed E-state index contributed by atoms with van der Waals surface area (Å²) < 4.78 is 5.09. The van der Waals surface area contributed by atoms with Gasteiger partial charge in [-0.3, -0.25) is 9.69 Å². The minimum absolute atomic E-state index is 0.0454. The molecule has 0 bridgehead atoms. The van der Waals surface area contributed by atoms with Gasteiger partial charge in [-0.25, -0.2) is 4.79 Å². The highest BCUT2D eigenvalue weighted by Gasteiger charge is 2.16. The molecule has 1 amide bonds. The van der Waals surface area contributed by atoms with Gasteiger partial charge in [-0.05, 0) is 13.1 Å². The quantitative estimate of drug-likeness (QED) is 0.811. The lowest BCUT2D eigenvalue weighted by molar-refractivity contribution is -0.129. The number of likely N-dealkylation sites (N-methyl/N-ethyl adjacent to an activating group) is 2. The monoisotopic (exact) mass is 240 g/mol. The van der Waals surface area contributed by atoms with Crippen LogP contribution in [0.2, 0.25) is 0 Å². The molecule has 0 radical (unpaired) electrons. The first kappa shape index (κ1) is 13.2. The molecule has 0 aliphatic heterocycles. The Kier molecular flexibility index (Phi) is 4.28. The lowest BCUT2D eigenvalue weighted by Gasteiger charge is -2.17. The van der Waals surface area contributed by atoms with Gasteiger partial charge in [0.15, 0.2) is 0 Å². The smallest absolute Gasteiger partial charge is 0.339 e. The van der Waals surface area contributed by atoms with Gasteiger partial charge in [-0.15, -0.1) is 0 Å². The summed E-state index contributed by atoms with van der Waals surface area (Å²) in [5, 5.41) is 8.88. The fourth-order valence-electron chi connectivity index (χ4n) is 1.33. The van der Waals surface area contributed by atoms with E-state index in [4.69, 9.17) is 9.52 Å². The van der Waals surface area contributed by atoms with Crippen LogP contribution >= 0.6 is 0 Å². The lowest BCUT2D eigenvalue weighted by atomic mass is 10.2. The van der Waals surface area contributed by atoms with Crippen molar-refractivity contribution in [3.8, 4) is 0 Å². The number of hydrogen-bond donors (Lipinski definition) is 1. The molecule has 0 aromatic carbocycles. The maximum atomic E-state index is 11.4. The molecule has 0 fully saturated rings. The van der Waals surface area contributed by atoms with Crippen LogP contribution in [0.3, 0.4) is 0 Å². The average molecular weight is 240 g/mol. The van der Waals surface area contributed by atoms with Gasteiger partial charge in [0, 0.05) is 14.1 Å². The maximum absolute atomic E-state index is 11.4. The van der Waals surface area contributed by atoms with Crippen LogP contribution in [0.5, 0.6) is 0 Å². The van der Waals surface area contributed by atoms with E-state index >= 15 is 0 Å². The summed E-state index contributed by atoms with van der Waals surface area (Å²) >= 11 is 0. The number of carboxylic acid groups (broad SMARTS) is 1. The van der Waals surface area contributed by atoms with E-state index in [2.05, 4.69) is 0 Å². The predicted molar refractivity (Wildman–Crippen MR) is 60.7 cm³/mol. The van der Waals surface area contributed by atoms with E-state index in [1.54, 1.807) is 26.0 Å². The number of nitrogens with zero attached hydrogens (tertiary/aromatic N) is 2. The summed E-state index contributed by atoms with van der Waals surface area (Å²) in [6.07, 6.45) is 1.33. The average Bonchev–Trinajstić information content (AvgIpc) is 2.65. The molecule has 0 aliphatic rings. The van der Waals surface area contributed by atoms with Gasteiger partial charge < -0.3 is 14.4 Å². The normalized spacial score (nSPS) is 10.6. The van der Waals surface area contributed by atoms with Gasteiger partial charge in [0.25, 0.3) is 0 Å². The molecule has 6 nitrogen and oxygen atoms in total. The third-order valence-electron chi connectivity index (χ3n) is 2.29. The summed E-state index contributed by atoms with van der Waals surface area (Å²) in [4.78, 5) is 25.5. The van der Waals surface area contributed by atoms with Crippen molar-refractivity contribution in [2.45, 2.75) is 6.54 Å². The van der Waals surface area contributed by atoms with Crippen LogP contribution in [0.4, 0.5) is 0 Å². The fraction of sp³-hybridized carbons (Fsp3) is 0.455. The standard InChI is InChI=1S/C11H16N2O4/c1-12(2)10(14)7-13(3)6-9-8(11(15)16)4-5-17-9/h4-5H,6-7H2,1-3H3,(H,15,16). The highest BCUT2D eigenvalue weighted by Crippen LogP contribution is 2.12. The van der Waals surface area contributed by atoms with E-state index in [0.29, 0.717) is 5.76 Å². The first-order valence-corrected chi connectivity index (χ1v) is 5.10. The van der Waals surface area contributed by atoms with Crippen molar-refractivity contribution < 1.29 is 19.1 Å². The number of furan rings is 1. The predicted octanol–water partition coefficient (Wildman–Crippen LogP) is 0.498. The Balaban J connectivity index is 2.62. The summed E-state index contributed by atoms with van der Waals surface area (Å²) in [5.41, 5.74) is 0.133. The van der Waals surface area contributed by atoms with E-state index < -0.39 is 5.97 Å². The zero-order chi connectivity index (χ0) is 13.0. The molecular weight excluding hydrogens is 224 g/mol. The largest absolute Gasteiger partial charge is 0.478 e. The van der Waals surface area contributed by atoms with Crippen molar-refractivity contribution in [3.63, 3.8) is 0 Å². The Bertz CT molecular complexity index is 411. The van der Waals surface area contributed by atoms with Gasteiger partial charge in [0.1, 0.15) is 11.3 Å². The zero-order valence-corrected chi connectivity index (χ0v) is 10.1. The third kappa shape index (κ3) is 3.60. The summed E-state index contributed by atoms with van der Waals surface area (Å²) in [7, 11) is 5.08. The van der Waals surface area contributed by atoms with Crippen LogP contribution in [0.25, 0.3) is 0 Å². The molecule has 0 saturated heterocycles. The molecule has 0 atom stereocenters. The van der Waals surface area contributed by atoms with E-state index in [-0.39, 0.29) is 24.6 Å². The maximum Gasteiger partial charge on any atom is 0.339 e. The van der Waals surface area contributed by atoms with E-state index in [1.165, 1.54) is 17.2 Å². The molecule has 0 aliphatic carbocycles. The van der Waals surface area contributed by atoms with Crippen LogP contribution in [0.1, 0.15) is 16.1 Å². The Labute approximate surface area is 99.4 Å². The van der Waals surface area contributed by atoms with Crippen LogP contribution in [0.15, 0.2) is 16.7 Å². The molecule has 1 N–H and O–H groups in total. The van der Waals surface area contributed by atoms with Crippen LogP contribution < -0.4 is 0 Å². The Morgan fingerprint density at radius 2 is 2.00 bits per heavy atom. The van der Waals surface area contributed by atoms with E-state index in [1.807, 2.05) is 0 Å². The molecule has 1 aromatic rings. The number of carbonyl (C=O) groups excluding carboxylic acids is 1. The van der Waals surface area contributed by atoms with Crippen LogP contribution in [-0.2, 0) is 11.3 Å². The molecule has 1 rings (SSSR count). The summed E-state index contributed by atoms with van der Waals surface area (Å²) in [6, 6.07) is 1.40. The van der Waals surface area contributed by atoms with Crippen molar-refractivity contribution in [2.75, 3.05) is 27.7 Å². The van der Waals surface area contributed by atoms with Crippen molar-refractivity contribution in [1.82, 2.24) is 9.80 Å². The Morgan fingerprint density at radius 1 is 1.35 bits per heavy atom. The first-order valence-electron chi connectivity index (χ1n) is 5.10. The molecule has 1 heterocycles. The Morgan fingerprint density at radius 3 is 2.53 bits per heavy atom. The second-order valence-corrected chi connectivity index (χ2v) is 4.02. The fourth-order valence-corrected chi connectivity index (χ4v) is 1.33. The topological polar surface area (TPSA) is 74.0 Å². The van der Waals surface area contributed by atoms with Gasteiger partial charge in [0.2, 0.25) is 5.91 Å². The SMILES string of the molecule is CN(CC(=O)N(C)C)Cc1occc1C(=O)O. The van der Waals surface area contributed by atoms with Crippen molar-refractivity contribution in [2.24, 2.45) is 0 Å². The van der Waals surface area contributed by atoms with Gasteiger partial charge in [0.05, 0.1) is 19.4 Å². The number of hydrogen-bond acceptors (Lipinski definition) is 4. The van der Waals surface area contributed by atoms with Gasteiger partial charge >= 0.3 is 5.97 Å². The van der Waals surface area contributed by atoms with Crippen molar-refractivity contribution in [3.05, 3.63) is 23.7 Å². The number of aromatic carboxylic acids is 1. The highest BCUT2D eigenvalue weighted by atomic mass is 16.4. The minimum Gasteiger partial charge on any atom is -0.478 e. The van der Waals surface area contributed by atoms with E-state index in [9.17, 15) is 9.59 Å².